The van der Waals surface area contributed by atoms with Crippen molar-refractivity contribution in [1.29, 1.82) is 0 Å². The molecule has 0 unspecified atom stereocenters. The van der Waals surface area contributed by atoms with Crippen LogP contribution in [0.5, 0.6) is 5.88 Å². The van der Waals surface area contributed by atoms with E-state index in [-0.39, 0.29) is 5.69 Å². The smallest absolute Gasteiger partial charge is 0.356 e. The Morgan fingerprint density at radius 2 is 2.18 bits per heavy atom. The average molecular weight is 238 g/mol. The van der Waals surface area contributed by atoms with E-state index in [2.05, 4.69) is 9.97 Å². The van der Waals surface area contributed by atoms with Crippen LogP contribution in [0.4, 0.5) is 0 Å². The standard InChI is InChI=1S/C11H14N2O4/c14-11(15)9-5-13-10(6-12-9)17-7-8-1-3-16-4-2-8/h5-6,8H,1-4,7H2,(H,14,15). The van der Waals surface area contributed by atoms with Crippen molar-refractivity contribution >= 4 is 5.97 Å². The van der Waals surface area contributed by atoms with Crippen molar-refractivity contribution < 1.29 is 19.4 Å². The quantitative estimate of drug-likeness (QED) is 0.842. The SMILES string of the molecule is O=C(O)c1cnc(OCC2CCOCC2)cn1. The molecule has 92 valence electrons. The summed E-state index contributed by atoms with van der Waals surface area (Å²) in [4.78, 5) is 18.2. The first-order valence-electron chi connectivity index (χ1n) is 5.51. The second-order valence-corrected chi connectivity index (χ2v) is 3.91. The van der Waals surface area contributed by atoms with Crippen molar-refractivity contribution in [2.75, 3.05) is 19.8 Å². The molecule has 2 rings (SSSR count). The number of aromatic carboxylic acids is 1. The van der Waals surface area contributed by atoms with E-state index in [1.165, 1.54) is 12.4 Å². The molecular formula is C11H14N2O4. The van der Waals surface area contributed by atoms with Gasteiger partial charge in [0.1, 0.15) is 0 Å². The van der Waals surface area contributed by atoms with Gasteiger partial charge in [-0.15, -0.1) is 0 Å². The summed E-state index contributed by atoms with van der Waals surface area (Å²) in [5.41, 5.74) is -0.0802. The maximum absolute atomic E-state index is 10.6. The molecule has 0 radical (unpaired) electrons. The number of rotatable bonds is 4. The first-order chi connectivity index (χ1) is 8.25. The number of hydrogen-bond donors (Lipinski definition) is 1. The third-order valence-corrected chi connectivity index (χ3v) is 2.66. The summed E-state index contributed by atoms with van der Waals surface area (Å²) in [6, 6.07) is 0. The fourth-order valence-electron chi connectivity index (χ4n) is 1.62. The highest BCUT2D eigenvalue weighted by Gasteiger charge is 2.14. The van der Waals surface area contributed by atoms with Crippen molar-refractivity contribution in [1.82, 2.24) is 9.97 Å². The average Bonchev–Trinajstić information content (AvgIpc) is 2.38. The van der Waals surface area contributed by atoms with E-state index in [0.29, 0.717) is 18.4 Å². The molecule has 0 saturated carbocycles. The van der Waals surface area contributed by atoms with Gasteiger partial charge in [-0.3, -0.25) is 0 Å². The first kappa shape index (κ1) is 11.8. The summed E-state index contributed by atoms with van der Waals surface area (Å²) in [6.45, 7) is 2.12. The zero-order valence-corrected chi connectivity index (χ0v) is 9.33. The Kier molecular flexibility index (Phi) is 3.87. The van der Waals surface area contributed by atoms with E-state index >= 15 is 0 Å². The van der Waals surface area contributed by atoms with Gasteiger partial charge in [-0.1, -0.05) is 0 Å². The van der Waals surface area contributed by atoms with Crippen molar-refractivity contribution in [2.24, 2.45) is 5.92 Å². The molecule has 6 nitrogen and oxygen atoms in total. The molecule has 1 aromatic heterocycles. The largest absolute Gasteiger partial charge is 0.476 e. The zero-order chi connectivity index (χ0) is 12.1. The predicted molar refractivity (Wildman–Crippen MR) is 58.0 cm³/mol. The Morgan fingerprint density at radius 1 is 1.41 bits per heavy atom. The van der Waals surface area contributed by atoms with Crippen molar-refractivity contribution in [2.45, 2.75) is 12.8 Å². The second-order valence-electron chi connectivity index (χ2n) is 3.91. The minimum absolute atomic E-state index is 0.0802. The van der Waals surface area contributed by atoms with Crippen LogP contribution in [0.2, 0.25) is 0 Å². The third kappa shape index (κ3) is 3.39. The van der Waals surface area contributed by atoms with Gasteiger partial charge in [0, 0.05) is 13.2 Å². The number of carboxylic acids is 1. The van der Waals surface area contributed by atoms with Crippen LogP contribution in [-0.2, 0) is 4.74 Å². The topological polar surface area (TPSA) is 81.5 Å². The van der Waals surface area contributed by atoms with Gasteiger partial charge in [0.25, 0.3) is 0 Å². The molecule has 1 N–H and O–H groups in total. The summed E-state index contributed by atoms with van der Waals surface area (Å²) < 4.78 is 10.7. The van der Waals surface area contributed by atoms with E-state index in [1.54, 1.807) is 0 Å². The number of carbonyl (C=O) groups is 1. The lowest BCUT2D eigenvalue weighted by Gasteiger charge is -2.21. The maximum Gasteiger partial charge on any atom is 0.356 e. The van der Waals surface area contributed by atoms with Gasteiger partial charge in [-0.25, -0.2) is 14.8 Å². The van der Waals surface area contributed by atoms with Crippen molar-refractivity contribution in [3.05, 3.63) is 18.1 Å². The molecule has 2 heterocycles. The Balaban J connectivity index is 1.84. The minimum Gasteiger partial charge on any atom is -0.476 e. The lowest BCUT2D eigenvalue weighted by molar-refractivity contribution is 0.0489. The second kappa shape index (κ2) is 5.58. The van der Waals surface area contributed by atoms with Gasteiger partial charge in [0.2, 0.25) is 5.88 Å². The highest BCUT2D eigenvalue weighted by atomic mass is 16.5. The molecule has 1 saturated heterocycles. The van der Waals surface area contributed by atoms with E-state index in [9.17, 15) is 4.79 Å². The molecule has 0 amide bonds. The van der Waals surface area contributed by atoms with Crippen LogP contribution in [0.25, 0.3) is 0 Å². The summed E-state index contributed by atoms with van der Waals surface area (Å²) >= 11 is 0. The Morgan fingerprint density at radius 3 is 2.76 bits per heavy atom. The molecule has 17 heavy (non-hydrogen) atoms. The summed E-state index contributed by atoms with van der Waals surface area (Å²) in [6.07, 6.45) is 4.51. The molecule has 0 aromatic carbocycles. The summed E-state index contributed by atoms with van der Waals surface area (Å²) in [5.74, 6) is -0.250. The number of hydrogen-bond acceptors (Lipinski definition) is 5. The molecule has 1 aliphatic heterocycles. The lowest BCUT2D eigenvalue weighted by Crippen LogP contribution is -2.21. The molecule has 0 atom stereocenters. The normalized spacial score (nSPS) is 16.7. The monoisotopic (exact) mass is 238 g/mol. The number of aromatic nitrogens is 2. The minimum atomic E-state index is -1.09. The third-order valence-electron chi connectivity index (χ3n) is 2.66. The number of ether oxygens (including phenoxy) is 2. The zero-order valence-electron chi connectivity index (χ0n) is 9.33. The molecule has 1 fully saturated rings. The van der Waals surface area contributed by atoms with Gasteiger partial charge in [-0.2, -0.15) is 0 Å². The molecular weight excluding hydrogens is 224 g/mol. The maximum atomic E-state index is 10.6. The van der Waals surface area contributed by atoms with Crippen LogP contribution in [0.15, 0.2) is 12.4 Å². The molecule has 0 spiro atoms. The molecule has 1 aliphatic rings. The van der Waals surface area contributed by atoms with Crippen LogP contribution in [0, 0.1) is 5.92 Å². The van der Waals surface area contributed by atoms with Crippen LogP contribution in [0.1, 0.15) is 23.3 Å². The summed E-state index contributed by atoms with van der Waals surface area (Å²) in [7, 11) is 0. The first-order valence-corrected chi connectivity index (χ1v) is 5.51. The van der Waals surface area contributed by atoms with Crippen LogP contribution in [0.3, 0.4) is 0 Å². The van der Waals surface area contributed by atoms with E-state index in [1.807, 2.05) is 0 Å². The highest BCUT2D eigenvalue weighted by molar-refractivity contribution is 5.84. The fraction of sp³-hybridized carbons (Fsp3) is 0.545. The fourth-order valence-corrected chi connectivity index (χ4v) is 1.62. The van der Waals surface area contributed by atoms with Crippen LogP contribution < -0.4 is 4.74 Å². The van der Waals surface area contributed by atoms with E-state index < -0.39 is 5.97 Å². The van der Waals surface area contributed by atoms with Crippen molar-refractivity contribution in [3.63, 3.8) is 0 Å². The van der Waals surface area contributed by atoms with E-state index in [0.717, 1.165) is 26.1 Å². The van der Waals surface area contributed by atoms with Crippen molar-refractivity contribution in [3.8, 4) is 5.88 Å². The lowest BCUT2D eigenvalue weighted by atomic mass is 10.0. The predicted octanol–water partition coefficient (Wildman–Crippen LogP) is 0.980. The van der Waals surface area contributed by atoms with Gasteiger partial charge in [0.05, 0.1) is 19.0 Å². The molecule has 0 aliphatic carbocycles. The molecule has 0 bridgehead atoms. The number of nitrogens with zero attached hydrogens (tertiary/aromatic N) is 2. The summed E-state index contributed by atoms with van der Waals surface area (Å²) in [5, 5.41) is 8.65. The molecule has 6 heteroatoms. The van der Waals surface area contributed by atoms with Gasteiger partial charge in [-0.05, 0) is 18.8 Å². The van der Waals surface area contributed by atoms with E-state index in [4.69, 9.17) is 14.6 Å². The Labute approximate surface area is 98.6 Å². The highest BCUT2D eigenvalue weighted by Crippen LogP contribution is 2.16. The van der Waals surface area contributed by atoms with Gasteiger partial charge in [0.15, 0.2) is 5.69 Å². The van der Waals surface area contributed by atoms with Gasteiger partial charge >= 0.3 is 5.97 Å². The van der Waals surface area contributed by atoms with Gasteiger partial charge < -0.3 is 14.6 Å². The Hall–Kier alpha value is -1.69. The molecule has 1 aromatic rings. The number of carboxylic acid groups (broad SMARTS) is 1. The van der Waals surface area contributed by atoms with Crippen LogP contribution >= 0.6 is 0 Å². The Bertz CT molecular complexity index is 374. The van der Waals surface area contributed by atoms with Crippen LogP contribution in [-0.4, -0.2) is 40.9 Å².